The zero-order chi connectivity index (χ0) is 22.5. The van der Waals surface area contributed by atoms with Gasteiger partial charge in [0, 0.05) is 6.42 Å². The van der Waals surface area contributed by atoms with Crippen LogP contribution in [-0.4, -0.2) is 9.75 Å². The molecule has 2 heteroatoms. The molecule has 2 aromatic carbocycles. The number of allylic oxidation sites excluding steroid dienone is 8. The molecule has 0 saturated carbocycles. The van der Waals surface area contributed by atoms with Crippen molar-refractivity contribution in [3.63, 3.8) is 0 Å². The van der Waals surface area contributed by atoms with Crippen LogP contribution in [0.3, 0.4) is 0 Å². The van der Waals surface area contributed by atoms with Crippen molar-refractivity contribution in [3.05, 3.63) is 106 Å². The van der Waals surface area contributed by atoms with Gasteiger partial charge in [-0.05, 0) is 95.9 Å². The number of hydrogen-bond donors (Lipinski definition) is 0. The minimum absolute atomic E-state index is 0.563. The maximum Gasteiger partial charge on any atom is 0.0939 e. The quantitative estimate of drug-likeness (QED) is 0.388. The summed E-state index contributed by atoms with van der Waals surface area (Å²) in [4.78, 5) is -1.13. The fourth-order valence-corrected chi connectivity index (χ4v) is 7.81. The van der Waals surface area contributed by atoms with Gasteiger partial charge in [-0.3, -0.25) is 0 Å². The minimum Gasteiger partial charge on any atom is -0.109 e. The molecule has 0 N–H and O–H groups in total. The lowest BCUT2D eigenvalue weighted by molar-refractivity contribution is 0.572. The van der Waals surface area contributed by atoms with Gasteiger partial charge in [-0.2, -0.15) is 0 Å². The highest BCUT2D eigenvalue weighted by Gasteiger charge is 2.52. The lowest BCUT2D eigenvalue weighted by atomic mass is 9.73. The van der Waals surface area contributed by atoms with Crippen LogP contribution in [0.5, 0.6) is 0 Å². The Hall–Kier alpha value is -2.02. The van der Waals surface area contributed by atoms with Gasteiger partial charge in [-0.1, -0.05) is 72.8 Å². The molecule has 4 aliphatic rings. The lowest BCUT2D eigenvalue weighted by Gasteiger charge is -2.40. The van der Waals surface area contributed by atoms with Crippen molar-refractivity contribution in [3.8, 4) is 0 Å². The lowest BCUT2D eigenvalue weighted by Crippen LogP contribution is -2.37. The SMILES string of the molecule is ClC1(CC2(Cl)C(c3ccccc3)=CC3=C2CCCC3)C(c2ccccc2)=CC2=C1CCCC2. The zero-order valence-electron chi connectivity index (χ0n) is 19.0. The number of rotatable bonds is 4. The normalized spacial score (nSPS) is 29.0. The number of hydrogen-bond acceptors (Lipinski definition) is 0. The van der Waals surface area contributed by atoms with Crippen LogP contribution in [0.25, 0.3) is 11.1 Å². The van der Waals surface area contributed by atoms with E-state index < -0.39 is 9.75 Å². The zero-order valence-corrected chi connectivity index (χ0v) is 20.6. The highest BCUT2D eigenvalue weighted by Crippen LogP contribution is 2.61. The van der Waals surface area contributed by atoms with Gasteiger partial charge >= 0.3 is 0 Å². The summed E-state index contributed by atoms with van der Waals surface area (Å²) in [5.74, 6) is 0. The smallest absolute Gasteiger partial charge is 0.0939 e. The molecule has 0 nitrogen and oxygen atoms in total. The number of halogens is 2. The third kappa shape index (κ3) is 3.49. The Kier molecular flexibility index (Phi) is 5.43. The maximum absolute atomic E-state index is 7.84. The summed E-state index contributed by atoms with van der Waals surface area (Å²) in [5.41, 5.74) is 10.7. The van der Waals surface area contributed by atoms with E-state index in [9.17, 15) is 0 Å². The molecule has 0 amide bonds. The highest BCUT2D eigenvalue weighted by atomic mass is 35.5. The van der Waals surface area contributed by atoms with E-state index in [1.165, 1.54) is 70.2 Å². The van der Waals surface area contributed by atoms with Crippen molar-refractivity contribution in [2.75, 3.05) is 0 Å². The second-order valence-electron chi connectivity index (χ2n) is 10.0. The summed E-state index contributed by atoms with van der Waals surface area (Å²) in [6.07, 6.45) is 14.9. The van der Waals surface area contributed by atoms with Crippen molar-refractivity contribution >= 4 is 34.3 Å². The van der Waals surface area contributed by atoms with Gasteiger partial charge in [0.1, 0.15) is 0 Å². The standard InChI is InChI=1S/C31H30Cl2/c32-30(26-17-9-7-15-24(26)19-28(30)22-11-3-1-4-12-22)21-31(33)27-18-10-8-16-25(27)20-29(31)23-13-5-2-6-14-23/h1-6,11-14,19-20H,7-10,15-18,21H2. The molecule has 0 aliphatic heterocycles. The Morgan fingerprint density at radius 2 is 0.939 bits per heavy atom. The van der Waals surface area contributed by atoms with Crippen LogP contribution in [0, 0.1) is 0 Å². The Morgan fingerprint density at radius 3 is 1.36 bits per heavy atom. The Bertz CT molecular complexity index is 1100. The van der Waals surface area contributed by atoms with Crippen molar-refractivity contribution < 1.29 is 0 Å². The fraction of sp³-hybridized carbons (Fsp3) is 0.355. The molecule has 0 spiro atoms. The predicted molar refractivity (Wildman–Crippen MR) is 142 cm³/mol. The molecule has 168 valence electrons. The molecular formula is C31H30Cl2. The number of benzene rings is 2. The average Bonchev–Trinajstić information content (AvgIpc) is 3.32. The summed E-state index contributed by atoms with van der Waals surface area (Å²) in [6, 6.07) is 21.5. The van der Waals surface area contributed by atoms with Gasteiger partial charge in [0.25, 0.3) is 0 Å². The van der Waals surface area contributed by atoms with E-state index >= 15 is 0 Å². The monoisotopic (exact) mass is 472 g/mol. The first-order chi connectivity index (χ1) is 16.1. The van der Waals surface area contributed by atoms with Crippen molar-refractivity contribution in [2.24, 2.45) is 0 Å². The molecule has 0 bridgehead atoms. The molecule has 4 aliphatic carbocycles. The van der Waals surface area contributed by atoms with Crippen LogP contribution >= 0.6 is 23.2 Å². The Balaban J connectivity index is 1.49. The van der Waals surface area contributed by atoms with E-state index in [0.717, 1.165) is 25.7 Å². The van der Waals surface area contributed by atoms with Crippen LogP contribution in [0.15, 0.2) is 95.1 Å². The molecule has 2 atom stereocenters. The molecule has 6 rings (SSSR count). The Morgan fingerprint density at radius 1 is 0.545 bits per heavy atom. The molecule has 0 saturated heterocycles. The highest BCUT2D eigenvalue weighted by molar-refractivity contribution is 6.38. The summed E-state index contributed by atoms with van der Waals surface area (Å²) in [6.45, 7) is 0. The van der Waals surface area contributed by atoms with Gasteiger partial charge in [-0.25, -0.2) is 0 Å². The van der Waals surface area contributed by atoms with Crippen molar-refractivity contribution in [2.45, 2.75) is 67.5 Å². The third-order valence-corrected chi connectivity index (χ3v) is 9.26. The van der Waals surface area contributed by atoms with Crippen molar-refractivity contribution in [1.29, 1.82) is 0 Å². The predicted octanol–water partition coefficient (Wildman–Crippen LogP) is 9.27. The molecule has 2 unspecified atom stereocenters. The van der Waals surface area contributed by atoms with Crippen LogP contribution in [0.4, 0.5) is 0 Å². The third-order valence-electron chi connectivity index (χ3n) is 8.13. The van der Waals surface area contributed by atoms with E-state index in [0.29, 0.717) is 6.42 Å². The van der Waals surface area contributed by atoms with Gasteiger partial charge < -0.3 is 0 Å². The molecule has 0 fully saturated rings. The molecule has 0 heterocycles. The summed E-state index contributed by atoms with van der Waals surface area (Å²) in [7, 11) is 0. The van der Waals surface area contributed by atoms with E-state index in [1.54, 1.807) is 0 Å². The van der Waals surface area contributed by atoms with Crippen LogP contribution in [0.2, 0.25) is 0 Å². The largest absolute Gasteiger partial charge is 0.109 e. The topological polar surface area (TPSA) is 0 Å². The van der Waals surface area contributed by atoms with Gasteiger partial charge in [-0.15, -0.1) is 23.2 Å². The van der Waals surface area contributed by atoms with E-state index in [4.69, 9.17) is 23.2 Å². The van der Waals surface area contributed by atoms with Crippen LogP contribution < -0.4 is 0 Å². The van der Waals surface area contributed by atoms with Crippen LogP contribution in [0.1, 0.15) is 68.9 Å². The second kappa shape index (κ2) is 8.33. The van der Waals surface area contributed by atoms with Gasteiger partial charge in [0.2, 0.25) is 0 Å². The second-order valence-corrected chi connectivity index (χ2v) is 11.3. The first-order valence-corrected chi connectivity index (χ1v) is 13.2. The fourth-order valence-electron chi connectivity index (χ4n) is 6.58. The van der Waals surface area contributed by atoms with Crippen LogP contribution in [-0.2, 0) is 0 Å². The average molecular weight is 473 g/mol. The summed E-state index contributed by atoms with van der Waals surface area (Å²) in [5, 5.41) is 0. The van der Waals surface area contributed by atoms with Gasteiger partial charge in [0.15, 0.2) is 0 Å². The molecular weight excluding hydrogens is 443 g/mol. The molecule has 33 heavy (non-hydrogen) atoms. The molecule has 0 aromatic heterocycles. The van der Waals surface area contributed by atoms with E-state index in [2.05, 4.69) is 72.8 Å². The summed E-state index contributed by atoms with van der Waals surface area (Å²) < 4.78 is 0. The van der Waals surface area contributed by atoms with E-state index in [-0.39, 0.29) is 0 Å². The maximum atomic E-state index is 7.84. The summed E-state index contributed by atoms with van der Waals surface area (Å²) >= 11 is 15.7. The first-order valence-electron chi connectivity index (χ1n) is 12.5. The Labute approximate surface area is 207 Å². The van der Waals surface area contributed by atoms with Crippen molar-refractivity contribution in [1.82, 2.24) is 0 Å². The first kappa shape index (κ1) is 21.5. The minimum atomic E-state index is -0.563. The van der Waals surface area contributed by atoms with E-state index in [1.807, 2.05) is 0 Å². The molecule has 0 radical (unpaired) electrons. The van der Waals surface area contributed by atoms with Gasteiger partial charge in [0.05, 0.1) is 9.75 Å². The molecule has 2 aromatic rings. The number of alkyl halides is 2.